The number of nitriles is 1. The van der Waals surface area contributed by atoms with Crippen molar-refractivity contribution in [2.45, 2.75) is 13.0 Å². The lowest BCUT2D eigenvalue weighted by atomic mass is 10.1. The van der Waals surface area contributed by atoms with Crippen molar-refractivity contribution in [2.24, 2.45) is 0 Å². The van der Waals surface area contributed by atoms with Gasteiger partial charge in [-0.05, 0) is 26.6 Å². The molecule has 0 spiro atoms. The monoisotopic (exact) mass is 136 g/mol. The standard InChI is InChI=1S/C8H12N2/c1-5-7(2)8(6-9)10(3)4/h8H,1H2,2-4H3. The van der Waals surface area contributed by atoms with Crippen LogP contribution in [0.2, 0.25) is 0 Å². The zero-order valence-corrected chi connectivity index (χ0v) is 6.68. The summed E-state index contributed by atoms with van der Waals surface area (Å²) in [7, 11) is 3.71. The highest BCUT2D eigenvalue weighted by atomic mass is 15.1. The molecule has 0 heterocycles. The van der Waals surface area contributed by atoms with Crippen molar-refractivity contribution in [1.29, 1.82) is 5.26 Å². The third kappa shape index (κ3) is 2.06. The molecule has 10 heavy (non-hydrogen) atoms. The van der Waals surface area contributed by atoms with Crippen LogP contribution >= 0.6 is 0 Å². The Morgan fingerprint density at radius 1 is 1.60 bits per heavy atom. The molecule has 0 radical (unpaired) electrons. The lowest BCUT2D eigenvalue weighted by molar-refractivity contribution is 0.385. The molecule has 0 aliphatic carbocycles. The number of hydrogen-bond acceptors (Lipinski definition) is 2. The molecule has 0 rings (SSSR count). The van der Waals surface area contributed by atoms with E-state index in [1.165, 1.54) is 0 Å². The summed E-state index contributed by atoms with van der Waals surface area (Å²) in [5.41, 5.74) is 3.57. The van der Waals surface area contributed by atoms with E-state index in [4.69, 9.17) is 5.26 Å². The smallest absolute Gasteiger partial charge is 0.126 e. The molecule has 2 nitrogen and oxygen atoms in total. The van der Waals surface area contributed by atoms with Gasteiger partial charge in [0.15, 0.2) is 0 Å². The molecule has 0 aliphatic heterocycles. The highest BCUT2D eigenvalue weighted by molar-refractivity contribution is 5.15. The summed E-state index contributed by atoms with van der Waals surface area (Å²) in [6.07, 6.45) is 0. The lowest BCUT2D eigenvalue weighted by Crippen LogP contribution is -2.26. The van der Waals surface area contributed by atoms with E-state index in [9.17, 15) is 0 Å². The van der Waals surface area contributed by atoms with Crippen molar-refractivity contribution in [2.75, 3.05) is 14.1 Å². The van der Waals surface area contributed by atoms with E-state index in [0.717, 1.165) is 5.57 Å². The molecule has 0 aromatic rings. The number of likely N-dealkylation sites (N-methyl/N-ethyl adjacent to an activating group) is 1. The van der Waals surface area contributed by atoms with Gasteiger partial charge in [-0.25, -0.2) is 0 Å². The van der Waals surface area contributed by atoms with Crippen LogP contribution in [-0.4, -0.2) is 25.0 Å². The zero-order valence-electron chi connectivity index (χ0n) is 6.68. The maximum Gasteiger partial charge on any atom is 0.126 e. The van der Waals surface area contributed by atoms with E-state index in [0.29, 0.717) is 0 Å². The van der Waals surface area contributed by atoms with Crippen LogP contribution in [-0.2, 0) is 0 Å². The average molecular weight is 136 g/mol. The van der Waals surface area contributed by atoms with Crippen LogP contribution in [0.1, 0.15) is 6.92 Å². The quantitative estimate of drug-likeness (QED) is 0.533. The predicted octanol–water partition coefficient (Wildman–Crippen LogP) is 1.17. The van der Waals surface area contributed by atoms with Gasteiger partial charge < -0.3 is 0 Å². The first-order chi connectivity index (χ1) is 4.63. The maximum absolute atomic E-state index is 8.62. The maximum atomic E-state index is 8.62. The third-order valence-electron chi connectivity index (χ3n) is 1.33. The Morgan fingerprint density at radius 2 is 2.10 bits per heavy atom. The fraction of sp³-hybridized carbons (Fsp3) is 0.500. The summed E-state index contributed by atoms with van der Waals surface area (Å²) < 4.78 is 0. The van der Waals surface area contributed by atoms with Gasteiger partial charge in [0.05, 0.1) is 6.07 Å². The second-order valence-electron chi connectivity index (χ2n) is 2.36. The number of rotatable bonds is 2. The summed E-state index contributed by atoms with van der Waals surface area (Å²) in [6, 6.07) is 1.96. The topological polar surface area (TPSA) is 27.0 Å². The van der Waals surface area contributed by atoms with Crippen LogP contribution in [0.5, 0.6) is 0 Å². The molecule has 0 bridgehead atoms. The first kappa shape index (κ1) is 8.97. The molecule has 0 aromatic heterocycles. The average Bonchev–Trinajstić information content (AvgIpc) is 1.88. The van der Waals surface area contributed by atoms with E-state index in [1.54, 1.807) is 0 Å². The van der Waals surface area contributed by atoms with Crippen molar-refractivity contribution in [1.82, 2.24) is 4.90 Å². The Kier molecular flexibility index (Phi) is 3.49. The lowest BCUT2D eigenvalue weighted by Gasteiger charge is -2.15. The normalized spacial score (nSPS) is 11.9. The summed E-state index contributed by atoms with van der Waals surface area (Å²) in [5.74, 6) is 0. The minimum absolute atomic E-state index is 0.183. The van der Waals surface area contributed by atoms with Crippen LogP contribution in [0, 0.1) is 11.3 Å². The zero-order chi connectivity index (χ0) is 8.15. The summed E-state index contributed by atoms with van der Waals surface area (Å²) in [4.78, 5) is 1.83. The first-order valence-electron chi connectivity index (χ1n) is 3.06. The fourth-order valence-corrected chi connectivity index (χ4v) is 0.696. The van der Waals surface area contributed by atoms with E-state index in [1.807, 2.05) is 25.9 Å². The minimum atomic E-state index is -0.183. The molecule has 0 aliphatic rings. The highest BCUT2D eigenvalue weighted by Crippen LogP contribution is 2.02. The molecular formula is C8H12N2. The van der Waals surface area contributed by atoms with Gasteiger partial charge in [-0.3, -0.25) is 4.90 Å². The SMILES string of the molecule is C=C=C(C)C(C#N)N(C)C. The summed E-state index contributed by atoms with van der Waals surface area (Å²) in [6.45, 7) is 5.32. The molecule has 0 N–H and O–H groups in total. The van der Waals surface area contributed by atoms with Gasteiger partial charge in [0.1, 0.15) is 6.04 Å². The third-order valence-corrected chi connectivity index (χ3v) is 1.33. The molecule has 2 heteroatoms. The minimum Gasteiger partial charge on any atom is -0.290 e. The van der Waals surface area contributed by atoms with Crippen LogP contribution in [0.3, 0.4) is 0 Å². The summed E-state index contributed by atoms with van der Waals surface area (Å²) in [5, 5.41) is 8.62. The Morgan fingerprint density at radius 3 is 2.20 bits per heavy atom. The Bertz CT molecular complexity index is 192. The Labute approximate surface area is 62.1 Å². The summed E-state index contributed by atoms with van der Waals surface area (Å²) >= 11 is 0. The predicted molar refractivity (Wildman–Crippen MR) is 41.4 cm³/mol. The van der Waals surface area contributed by atoms with Crippen LogP contribution in [0.25, 0.3) is 0 Å². The van der Waals surface area contributed by atoms with Gasteiger partial charge in [-0.1, -0.05) is 6.58 Å². The number of nitrogens with zero attached hydrogens (tertiary/aromatic N) is 2. The molecule has 0 amide bonds. The van der Waals surface area contributed by atoms with Gasteiger partial charge in [-0.2, -0.15) is 5.26 Å². The Balaban J connectivity index is 4.41. The van der Waals surface area contributed by atoms with Gasteiger partial charge >= 0.3 is 0 Å². The van der Waals surface area contributed by atoms with Crippen LogP contribution in [0.15, 0.2) is 17.9 Å². The first-order valence-corrected chi connectivity index (χ1v) is 3.06. The van der Waals surface area contributed by atoms with Crippen molar-refractivity contribution in [3.05, 3.63) is 17.9 Å². The molecule has 54 valence electrons. The fourth-order valence-electron chi connectivity index (χ4n) is 0.696. The van der Waals surface area contributed by atoms with E-state index >= 15 is 0 Å². The van der Waals surface area contributed by atoms with Crippen molar-refractivity contribution in [3.8, 4) is 6.07 Å². The molecule has 1 atom stereocenters. The van der Waals surface area contributed by atoms with Crippen LogP contribution in [0.4, 0.5) is 0 Å². The van der Waals surface area contributed by atoms with Gasteiger partial charge in [-0.15, -0.1) is 5.73 Å². The van der Waals surface area contributed by atoms with Gasteiger partial charge in [0.25, 0.3) is 0 Å². The second kappa shape index (κ2) is 3.90. The van der Waals surface area contributed by atoms with Crippen molar-refractivity contribution < 1.29 is 0 Å². The Hall–Kier alpha value is -1.03. The van der Waals surface area contributed by atoms with E-state index in [2.05, 4.69) is 18.4 Å². The molecular weight excluding hydrogens is 124 g/mol. The van der Waals surface area contributed by atoms with Crippen molar-refractivity contribution in [3.63, 3.8) is 0 Å². The number of hydrogen-bond donors (Lipinski definition) is 0. The molecule has 1 unspecified atom stereocenters. The highest BCUT2D eigenvalue weighted by Gasteiger charge is 2.10. The molecule has 0 saturated heterocycles. The molecule has 0 fully saturated rings. The van der Waals surface area contributed by atoms with Gasteiger partial charge in [0, 0.05) is 0 Å². The van der Waals surface area contributed by atoms with Crippen LogP contribution < -0.4 is 0 Å². The second-order valence-corrected chi connectivity index (χ2v) is 2.36. The largest absolute Gasteiger partial charge is 0.290 e. The van der Waals surface area contributed by atoms with E-state index in [-0.39, 0.29) is 6.04 Å². The van der Waals surface area contributed by atoms with E-state index < -0.39 is 0 Å². The van der Waals surface area contributed by atoms with Gasteiger partial charge in [0.2, 0.25) is 0 Å². The van der Waals surface area contributed by atoms with Crippen molar-refractivity contribution >= 4 is 0 Å². The molecule has 0 aromatic carbocycles. The molecule has 0 saturated carbocycles.